The van der Waals surface area contributed by atoms with Crippen molar-refractivity contribution >= 4 is 5.97 Å². The minimum absolute atomic E-state index is 0.134. The molecule has 1 rings (SSSR count). The standard InChI is InChI=1S/C10H14N2O3/c1-3-4-15-6-9-11-5-8(10(13)14)7(2)12-9/h5H,3-4,6H2,1-2H3,(H,13,14). The molecular formula is C10H14N2O3. The van der Waals surface area contributed by atoms with Crippen LogP contribution in [-0.2, 0) is 11.3 Å². The van der Waals surface area contributed by atoms with Gasteiger partial charge in [-0.15, -0.1) is 0 Å². The highest BCUT2D eigenvalue weighted by molar-refractivity contribution is 5.88. The molecule has 0 spiro atoms. The Labute approximate surface area is 88.1 Å². The number of carbonyl (C=O) groups is 1. The van der Waals surface area contributed by atoms with Gasteiger partial charge in [0.25, 0.3) is 0 Å². The van der Waals surface area contributed by atoms with E-state index in [0.717, 1.165) is 6.42 Å². The summed E-state index contributed by atoms with van der Waals surface area (Å²) in [6, 6.07) is 0. The molecule has 1 aromatic rings. The van der Waals surface area contributed by atoms with Gasteiger partial charge in [-0.25, -0.2) is 14.8 Å². The molecule has 1 N–H and O–H groups in total. The van der Waals surface area contributed by atoms with Gasteiger partial charge >= 0.3 is 5.97 Å². The Morgan fingerprint density at radius 3 is 2.87 bits per heavy atom. The molecule has 0 saturated carbocycles. The minimum Gasteiger partial charge on any atom is -0.478 e. The van der Waals surface area contributed by atoms with E-state index in [1.54, 1.807) is 6.92 Å². The van der Waals surface area contributed by atoms with Crippen LogP contribution in [0.2, 0.25) is 0 Å². The van der Waals surface area contributed by atoms with E-state index < -0.39 is 5.97 Å². The van der Waals surface area contributed by atoms with Gasteiger partial charge in [0.2, 0.25) is 0 Å². The Morgan fingerprint density at radius 2 is 2.33 bits per heavy atom. The number of ether oxygens (including phenoxy) is 1. The molecular weight excluding hydrogens is 196 g/mol. The Balaban J connectivity index is 2.69. The number of nitrogens with zero attached hydrogens (tertiary/aromatic N) is 2. The molecule has 1 heterocycles. The van der Waals surface area contributed by atoms with Crippen molar-refractivity contribution < 1.29 is 14.6 Å². The zero-order chi connectivity index (χ0) is 11.3. The molecule has 1 aromatic heterocycles. The predicted octanol–water partition coefficient (Wildman–Crippen LogP) is 1.41. The first-order chi connectivity index (χ1) is 7.15. The predicted molar refractivity (Wildman–Crippen MR) is 53.7 cm³/mol. The quantitative estimate of drug-likeness (QED) is 0.744. The largest absolute Gasteiger partial charge is 0.478 e. The first-order valence-electron chi connectivity index (χ1n) is 4.78. The lowest BCUT2D eigenvalue weighted by Gasteiger charge is -2.04. The number of carboxylic acids is 1. The van der Waals surface area contributed by atoms with Crippen molar-refractivity contribution in [1.82, 2.24) is 9.97 Å². The molecule has 0 atom stereocenters. The van der Waals surface area contributed by atoms with Crippen LogP contribution < -0.4 is 0 Å². The Kier molecular flexibility index (Phi) is 4.17. The second kappa shape index (κ2) is 5.41. The summed E-state index contributed by atoms with van der Waals surface area (Å²) in [7, 11) is 0. The van der Waals surface area contributed by atoms with E-state index >= 15 is 0 Å². The van der Waals surface area contributed by atoms with E-state index in [2.05, 4.69) is 9.97 Å². The number of hydrogen-bond acceptors (Lipinski definition) is 4. The Hall–Kier alpha value is -1.49. The molecule has 5 nitrogen and oxygen atoms in total. The molecule has 15 heavy (non-hydrogen) atoms. The van der Waals surface area contributed by atoms with Crippen molar-refractivity contribution in [3.63, 3.8) is 0 Å². The van der Waals surface area contributed by atoms with Gasteiger partial charge in [-0.1, -0.05) is 6.92 Å². The average Bonchev–Trinajstić information content (AvgIpc) is 2.17. The van der Waals surface area contributed by atoms with E-state index in [4.69, 9.17) is 9.84 Å². The van der Waals surface area contributed by atoms with Crippen molar-refractivity contribution in [2.24, 2.45) is 0 Å². The van der Waals surface area contributed by atoms with E-state index in [0.29, 0.717) is 24.7 Å². The topological polar surface area (TPSA) is 72.3 Å². The van der Waals surface area contributed by atoms with Gasteiger partial charge in [0.1, 0.15) is 6.61 Å². The molecule has 82 valence electrons. The van der Waals surface area contributed by atoms with Crippen LogP contribution in [0, 0.1) is 6.92 Å². The van der Waals surface area contributed by atoms with Crippen LogP contribution in [0.5, 0.6) is 0 Å². The smallest absolute Gasteiger partial charge is 0.339 e. The number of aryl methyl sites for hydroxylation is 1. The monoisotopic (exact) mass is 210 g/mol. The van der Waals surface area contributed by atoms with E-state index in [1.165, 1.54) is 6.20 Å². The summed E-state index contributed by atoms with van der Waals surface area (Å²) in [6.07, 6.45) is 2.25. The molecule has 0 radical (unpaired) electrons. The highest BCUT2D eigenvalue weighted by Gasteiger charge is 2.09. The maximum Gasteiger partial charge on any atom is 0.339 e. The van der Waals surface area contributed by atoms with Gasteiger partial charge in [0, 0.05) is 12.8 Å². The third kappa shape index (κ3) is 3.28. The van der Waals surface area contributed by atoms with Crippen LogP contribution in [0.4, 0.5) is 0 Å². The lowest BCUT2D eigenvalue weighted by atomic mass is 10.2. The van der Waals surface area contributed by atoms with Crippen LogP contribution in [-0.4, -0.2) is 27.7 Å². The third-order valence-corrected chi connectivity index (χ3v) is 1.84. The lowest BCUT2D eigenvalue weighted by molar-refractivity contribution is 0.0694. The number of carboxylic acid groups (broad SMARTS) is 1. The minimum atomic E-state index is -1.01. The normalized spacial score (nSPS) is 10.3. The van der Waals surface area contributed by atoms with Gasteiger partial charge in [-0.05, 0) is 13.3 Å². The van der Waals surface area contributed by atoms with Crippen molar-refractivity contribution in [2.75, 3.05) is 6.61 Å². The highest BCUT2D eigenvalue weighted by atomic mass is 16.5. The van der Waals surface area contributed by atoms with E-state index in [9.17, 15) is 4.79 Å². The van der Waals surface area contributed by atoms with Gasteiger partial charge in [-0.3, -0.25) is 0 Å². The first-order valence-corrected chi connectivity index (χ1v) is 4.78. The molecule has 0 aromatic carbocycles. The molecule has 0 fully saturated rings. The number of aromatic nitrogens is 2. The molecule has 0 aliphatic heterocycles. The van der Waals surface area contributed by atoms with Gasteiger partial charge in [0.05, 0.1) is 11.3 Å². The van der Waals surface area contributed by atoms with Crippen LogP contribution in [0.3, 0.4) is 0 Å². The van der Waals surface area contributed by atoms with Crippen molar-refractivity contribution in [3.8, 4) is 0 Å². The maximum absolute atomic E-state index is 10.7. The molecule has 0 amide bonds. The van der Waals surface area contributed by atoms with E-state index in [1.807, 2.05) is 6.92 Å². The van der Waals surface area contributed by atoms with Gasteiger partial charge in [-0.2, -0.15) is 0 Å². The fraction of sp³-hybridized carbons (Fsp3) is 0.500. The average molecular weight is 210 g/mol. The zero-order valence-corrected chi connectivity index (χ0v) is 8.86. The van der Waals surface area contributed by atoms with Crippen molar-refractivity contribution in [3.05, 3.63) is 23.3 Å². The van der Waals surface area contributed by atoms with Crippen molar-refractivity contribution in [2.45, 2.75) is 26.9 Å². The van der Waals surface area contributed by atoms with Crippen LogP contribution >= 0.6 is 0 Å². The fourth-order valence-corrected chi connectivity index (χ4v) is 1.10. The third-order valence-electron chi connectivity index (χ3n) is 1.84. The summed E-state index contributed by atoms with van der Waals surface area (Å²) in [5.41, 5.74) is 0.599. The number of hydrogen-bond donors (Lipinski definition) is 1. The number of rotatable bonds is 5. The van der Waals surface area contributed by atoms with Crippen molar-refractivity contribution in [1.29, 1.82) is 0 Å². The molecule has 0 aliphatic carbocycles. The summed E-state index contributed by atoms with van der Waals surface area (Å²) in [4.78, 5) is 18.6. The van der Waals surface area contributed by atoms with Gasteiger partial charge < -0.3 is 9.84 Å². The SMILES string of the molecule is CCCOCc1ncc(C(=O)O)c(C)n1. The summed E-state index contributed by atoms with van der Waals surface area (Å²) < 4.78 is 5.25. The maximum atomic E-state index is 10.7. The van der Waals surface area contributed by atoms with Crippen LogP contribution in [0.1, 0.15) is 35.2 Å². The summed E-state index contributed by atoms with van der Waals surface area (Å²) in [5, 5.41) is 8.76. The summed E-state index contributed by atoms with van der Waals surface area (Å²) in [6.45, 7) is 4.64. The summed E-state index contributed by atoms with van der Waals surface area (Å²) >= 11 is 0. The molecule has 0 bridgehead atoms. The zero-order valence-electron chi connectivity index (χ0n) is 8.86. The molecule has 0 unspecified atom stereocenters. The number of aromatic carboxylic acids is 1. The highest BCUT2D eigenvalue weighted by Crippen LogP contribution is 2.04. The van der Waals surface area contributed by atoms with Gasteiger partial charge in [0.15, 0.2) is 5.82 Å². The van der Waals surface area contributed by atoms with Crippen LogP contribution in [0.25, 0.3) is 0 Å². The second-order valence-electron chi connectivity index (χ2n) is 3.14. The summed E-state index contributed by atoms with van der Waals surface area (Å²) in [5.74, 6) is -0.487. The Morgan fingerprint density at radius 1 is 1.60 bits per heavy atom. The fourth-order valence-electron chi connectivity index (χ4n) is 1.10. The van der Waals surface area contributed by atoms with E-state index in [-0.39, 0.29) is 5.56 Å². The molecule has 0 aliphatic rings. The second-order valence-corrected chi connectivity index (χ2v) is 3.14. The molecule has 0 saturated heterocycles. The van der Waals surface area contributed by atoms with Crippen LogP contribution in [0.15, 0.2) is 6.20 Å². The lowest BCUT2D eigenvalue weighted by Crippen LogP contribution is -2.07. The molecule has 5 heteroatoms. The Bertz CT molecular complexity index is 353. The first kappa shape index (κ1) is 11.6.